The molecule has 128 valence electrons. The molecule has 0 unspecified atom stereocenters. The zero-order valence-electron chi connectivity index (χ0n) is 14.6. The summed E-state index contributed by atoms with van der Waals surface area (Å²) < 4.78 is 0. The number of fused-ring (bicyclic) bond motifs is 1. The highest BCUT2D eigenvalue weighted by Crippen LogP contribution is 2.23. The van der Waals surface area contributed by atoms with Gasteiger partial charge in [-0.25, -0.2) is 0 Å². The highest BCUT2D eigenvalue weighted by Gasteiger charge is 2.24. The van der Waals surface area contributed by atoms with Gasteiger partial charge in [0.2, 0.25) is 5.91 Å². The zero-order valence-corrected chi connectivity index (χ0v) is 14.6. The quantitative estimate of drug-likeness (QED) is 0.846. The average Bonchev–Trinajstić information content (AvgIpc) is 3.23. The number of hydrogen-bond acceptors (Lipinski definition) is 4. The summed E-state index contributed by atoms with van der Waals surface area (Å²) in [6.07, 6.45) is 5.19. The van der Waals surface area contributed by atoms with Gasteiger partial charge in [-0.15, -0.1) is 0 Å². The molecule has 0 aromatic carbocycles. The number of aromatic nitrogens is 2. The van der Waals surface area contributed by atoms with E-state index in [1.165, 1.54) is 24.1 Å². The number of nitrogens with zero attached hydrogens (tertiary/aromatic N) is 4. The molecule has 1 saturated heterocycles. The van der Waals surface area contributed by atoms with Crippen LogP contribution < -0.4 is 0 Å². The number of aryl methyl sites for hydroxylation is 1. The molecule has 1 aliphatic heterocycles. The number of nitrogens with one attached hydrogen (secondary N) is 1. The summed E-state index contributed by atoms with van der Waals surface area (Å²) in [5.74, 6) is 0.206. The Labute approximate surface area is 138 Å². The fraction of sp³-hybridized carbons (Fsp3) is 0.765. The van der Waals surface area contributed by atoms with E-state index in [1.54, 1.807) is 0 Å². The SMILES string of the molecule is CN1CC[C@@H](N(C)CCC(=O)N(C)Cc2n[nH]c3c2CCC3)C1. The van der Waals surface area contributed by atoms with E-state index in [0.29, 0.717) is 19.0 Å². The van der Waals surface area contributed by atoms with Crippen molar-refractivity contribution in [2.75, 3.05) is 40.8 Å². The molecule has 1 N–H and O–H groups in total. The minimum absolute atomic E-state index is 0.206. The maximum Gasteiger partial charge on any atom is 0.223 e. The van der Waals surface area contributed by atoms with E-state index < -0.39 is 0 Å². The van der Waals surface area contributed by atoms with Gasteiger partial charge < -0.3 is 14.7 Å². The van der Waals surface area contributed by atoms with E-state index >= 15 is 0 Å². The molecule has 1 aliphatic carbocycles. The number of H-pyrrole nitrogens is 1. The largest absolute Gasteiger partial charge is 0.340 e. The lowest BCUT2D eigenvalue weighted by atomic mass is 10.2. The summed E-state index contributed by atoms with van der Waals surface area (Å²) in [6, 6.07) is 0.590. The van der Waals surface area contributed by atoms with Crippen LogP contribution in [0.4, 0.5) is 0 Å². The van der Waals surface area contributed by atoms with Gasteiger partial charge in [0.25, 0.3) is 0 Å². The van der Waals surface area contributed by atoms with Crippen LogP contribution in [-0.4, -0.2) is 77.6 Å². The number of amides is 1. The number of aromatic amines is 1. The molecular formula is C17H29N5O. The van der Waals surface area contributed by atoms with Crippen molar-refractivity contribution < 1.29 is 4.79 Å². The third-order valence-corrected chi connectivity index (χ3v) is 5.37. The highest BCUT2D eigenvalue weighted by atomic mass is 16.2. The molecule has 2 heterocycles. The molecule has 0 bridgehead atoms. The summed E-state index contributed by atoms with van der Waals surface area (Å²) >= 11 is 0. The fourth-order valence-electron chi connectivity index (χ4n) is 3.75. The van der Waals surface area contributed by atoms with Crippen LogP contribution >= 0.6 is 0 Å². The summed E-state index contributed by atoms with van der Waals surface area (Å²) in [7, 11) is 6.19. The highest BCUT2D eigenvalue weighted by molar-refractivity contribution is 5.76. The van der Waals surface area contributed by atoms with Crippen LogP contribution in [0.15, 0.2) is 0 Å². The third-order valence-electron chi connectivity index (χ3n) is 5.37. The third kappa shape index (κ3) is 3.75. The van der Waals surface area contributed by atoms with E-state index in [2.05, 4.69) is 34.1 Å². The number of likely N-dealkylation sites (tertiary alicyclic amines) is 1. The van der Waals surface area contributed by atoms with E-state index in [9.17, 15) is 4.79 Å². The van der Waals surface area contributed by atoms with Crippen LogP contribution in [0.3, 0.4) is 0 Å². The fourth-order valence-corrected chi connectivity index (χ4v) is 3.75. The topological polar surface area (TPSA) is 55.5 Å². The van der Waals surface area contributed by atoms with E-state index in [-0.39, 0.29) is 5.91 Å². The minimum atomic E-state index is 0.206. The average molecular weight is 319 g/mol. The molecule has 2 aliphatic rings. The number of likely N-dealkylation sites (N-methyl/N-ethyl adjacent to an activating group) is 2. The zero-order chi connectivity index (χ0) is 16.4. The van der Waals surface area contributed by atoms with Gasteiger partial charge in [0.15, 0.2) is 0 Å². The van der Waals surface area contributed by atoms with Crippen molar-refractivity contribution in [3.05, 3.63) is 17.0 Å². The standard InChI is InChI=1S/C17H29N5O/c1-20-9-7-13(11-20)21(2)10-8-17(23)22(3)12-16-14-5-4-6-15(14)18-19-16/h13H,4-12H2,1-3H3,(H,18,19)/t13-/m1/s1. The van der Waals surface area contributed by atoms with E-state index in [1.807, 2.05) is 11.9 Å². The van der Waals surface area contributed by atoms with Gasteiger partial charge in [-0.3, -0.25) is 9.89 Å². The summed E-state index contributed by atoms with van der Waals surface area (Å²) in [4.78, 5) is 18.9. The number of rotatable bonds is 6. The molecule has 0 radical (unpaired) electrons. The summed E-state index contributed by atoms with van der Waals surface area (Å²) in [5, 5.41) is 7.51. The smallest absolute Gasteiger partial charge is 0.223 e. The van der Waals surface area contributed by atoms with Gasteiger partial charge in [0, 0.05) is 38.3 Å². The van der Waals surface area contributed by atoms with Gasteiger partial charge in [-0.05, 0) is 51.9 Å². The number of hydrogen-bond donors (Lipinski definition) is 1. The van der Waals surface area contributed by atoms with Crippen LogP contribution in [0.2, 0.25) is 0 Å². The maximum atomic E-state index is 12.4. The molecular weight excluding hydrogens is 290 g/mol. The first-order valence-electron chi connectivity index (χ1n) is 8.72. The molecule has 23 heavy (non-hydrogen) atoms. The van der Waals surface area contributed by atoms with E-state index in [0.717, 1.165) is 38.2 Å². The predicted molar refractivity (Wildman–Crippen MR) is 90.2 cm³/mol. The minimum Gasteiger partial charge on any atom is -0.340 e. The molecule has 1 amide bonds. The van der Waals surface area contributed by atoms with Crippen molar-refractivity contribution in [3.63, 3.8) is 0 Å². The second-order valence-electron chi connectivity index (χ2n) is 7.17. The van der Waals surface area contributed by atoms with Gasteiger partial charge in [0.1, 0.15) is 0 Å². The first-order chi connectivity index (χ1) is 11.0. The molecule has 1 aromatic rings. The molecule has 0 spiro atoms. The number of carbonyl (C=O) groups excluding carboxylic acids is 1. The second-order valence-corrected chi connectivity index (χ2v) is 7.17. The Morgan fingerprint density at radius 3 is 2.96 bits per heavy atom. The number of carbonyl (C=O) groups is 1. The molecule has 1 fully saturated rings. The Hall–Kier alpha value is -1.40. The lowest BCUT2D eigenvalue weighted by Gasteiger charge is -2.25. The maximum absolute atomic E-state index is 12.4. The van der Waals surface area contributed by atoms with Gasteiger partial charge >= 0.3 is 0 Å². The van der Waals surface area contributed by atoms with Crippen molar-refractivity contribution in [2.24, 2.45) is 0 Å². The molecule has 1 atom stereocenters. The van der Waals surface area contributed by atoms with Crippen molar-refractivity contribution >= 4 is 5.91 Å². The van der Waals surface area contributed by atoms with Crippen LogP contribution in [-0.2, 0) is 24.2 Å². The van der Waals surface area contributed by atoms with Crippen LogP contribution in [0.1, 0.15) is 36.2 Å². The van der Waals surface area contributed by atoms with Crippen LogP contribution in [0.25, 0.3) is 0 Å². The first kappa shape index (κ1) is 16.5. The summed E-state index contributed by atoms with van der Waals surface area (Å²) in [6.45, 7) is 3.73. The Morgan fingerprint density at radius 1 is 1.39 bits per heavy atom. The molecule has 0 saturated carbocycles. The molecule has 6 heteroatoms. The van der Waals surface area contributed by atoms with Crippen molar-refractivity contribution in [3.8, 4) is 0 Å². The predicted octanol–water partition coefficient (Wildman–Crippen LogP) is 0.883. The van der Waals surface area contributed by atoms with Crippen LogP contribution in [0, 0.1) is 0 Å². The Balaban J connectivity index is 1.46. The monoisotopic (exact) mass is 319 g/mol. The van der Waals surface area contributed by atoms with Crippen LogP contribution in [0.5, 0.6) is 0 Å². The lowest BCUT2D eigenvalue weighted by molar-refractivity contribution is -0.130. The normalized spacial score (nSPS) is 21.1. The van der Waals surface area contributed by atoms with Crippen molar-refractivity contribution in [1.82, 2.24) is 24.9 Å². The van der Waals surface area contributed by atoms with Gasteiger partial charge in [-0.1, -0.05) is 0 Å². The van der Waals surface area contributed by atoms with E-state index in [4.69, 9.17) is 0 Å². The lowest BCUT2D eigenvalue weighted by Crippen LogP contribution is -2.37. The molecule has 1 aromatic heterocycles. The van der Waals surface area contributed by atoms with Crippen molar-refractivity contribution in [1.29, 1.82) is 0 Å². The molecule has 6 nitrogen and oxygen atoms in total. The van der Waals surface area contributed by atoms with Gasteiger partial charge in [-0.2, -0.15) is 5.10 Å². The van der Waals surface area contributed by atoms with Crippen molar-refractivity contribution in [2.45, 2.75) is 44.7 Å². The Morgan fingerprint density at radius 2 is 2.22 bits per heavy atom. The second kappa shape index (κ2) is 7.01. The summed E-state index contributed by atoms with van der Waals surface area (Å²) in [5.41, 5.74) is 3.67. The van der Waals surface area contributed by atoms with Gasteiger partial charge in [0.05, 0.1) is 12.2 Å². The Bertz CT molecular complexity index is 555. The first-order valence-corrected chi connectivity index (χ1v) is 8.72. The molecule has 3 rings (SSSR count). The Kier molecular flexibility index (Phi) is 5.02.